The number of carboxylic acid groups (broad SMARTS) is 1. The largest absolute Gasteiger partial charge is 0.481 e. The van der Waals surface area contributed by atoms with Gasteiger partial charge in [-0.3, -0.25) is 4.79 Å². The summed E-state index contributed by atoms with van der Waals surface area (Å²) in [6.07, 6.45) is 0.722. The van der Waals surface area contributed by atoms with Crippen molar-refractivity contribution in [2.24, 2.45) is 5.92 Å². The second-order valence-corrected chi connectivity index (χ2v) is 6.18. The topological polar surface area (TPSA) is 69.6 Å². The van der Waals surface area contributed by atoms with Crippen LogP contribution in [-0.4, -0.2) is 35.6 Å². The summed E-state index contributed by atoms with van der Waals surface area (Å²) < 4.78 is 0. The lowest BCUT2D eigenvalue weighted by Gasteiger charge is -2.25. The molecule has 22 heavy (non-hydrogen) atoms. The van der Waals surface area contributed by atoms with Gasteiger partial charge in [0, 0.05) is 18.6 Å². The molecule has 0 bridgehead atoms. The third-order valence-corrected chi connectivity index (χ3v) is 3.54. The fourth-order valence-corrected chi connectivity index (χ4v) is 2.19. The minimum absolute atomic E-state index is 0.0697. The number of halogens is 1. The molecule has 0 saturated carbocycles. The molecule has 1 aromatic carbocycles. The average Bonchev–Trinajstić information content (AvgIpc) is 2.44. The van der Waals surface area contributed by atoms with Gasteiger partial charge in [-0.05, 0) is 30.0 Å². The summed E-state index contributed by atoms with van der Waals surface area (Å²) in [4.78, 5) is 24.1. The molecule has 122 valence electrons. The summed E-state index contributed by atoms with van der Waals surface area (Å²) in [5, 5.41) is 12.3. The van der Waals surface area contributed by atoms with Crippen LogP contribution in [-0.2, 0) is 4.79 Å². The van der Waals surface area contributed by atoms with Crippen LogP contribution in [0.1, 0.15) is 38.3 Å². The quantitative estimate of drug-likeness (QED) is 0.805. The summed E-state index contributed by atoms with van der Waals surface area (Å²) in [5.74, 6) is -0.513. The van der Waals surface area contributed by atoms with E-state index in [-0.39, 0.29) is 25.0 Å². The highest BCUT2D eigenvalue weighted by atomic mass is 35.5. The molecule has 0 aromatic heterocycles. The van der Waals surface area contributed by atoms with Crippen LogP contribution in [0.2, 0.25) is 5.02 Å². The van der Waals surface area contributed by atoms with E-state index in [9.17, 15) is 9.59 Å². The third kappa shape index (κ3) is 6.35. The molecular weight excluding hydrogens is 304 g/mol. The van der Waals surface area contributed by atoms with Gasteiger partial charge in [-0.2, -0.15) is 0 Å². The van der Waals surface area contributed by atoms with Crippen LogP contribution in [0.15, 0.2) is 24.3 Å². The van der Waals surface area contributed by atoms with E-state index in [1.54, 1.807) is 19.2 Å². The van der Waals surface area contributed by atoms with Crippen LogP contribution in [0.5, 0.6) is 0 Å². The number of carboxylic acids is 1. The highest BCUT2D eigenvalue weighted by Gasteiger charge is 2.18. The molecule has 0 saturated heterocycles. The zero-order chi connectivity index (χ0) is 16.7. The molecule has 2 amide bonds. The highest BCUT2D eigenvalue weighted by molar-refractivity contribution is 6.30. The van der Waals surface area contributed by atoms with E-state index >= 15 is 0 Å². The Balaban J connectivity index is 2.74. The maximum atomic E-state index is 12.2. The number of carbonyl (C=O) groups excluding carboxylic acids is 1. The Bertz CT molecular complexity index is 503. The van der Waals surface area contributed by atoms with Crippen LogP contribution in [0.3, 0.4) is 0 Å². The Kier molecular flexibility index (Phi) is 7.18. The first kappa shape index (κ1) is 18.3. The van der Waals surface area contributed by atoms with Crippen molar-refractivity contribution in [1.82, 2.24) is 10.2 Å². The average molecular weight is 327 g/mol. The molecule has 6 heteroatoms. The van der Waals surface area contributed by atoms with E-state index in [1.165, 1.54) is 4.90 Å². The second-order valence-electron chi connectivity index (χ2n) is 5.75. The van der Waals surface area contributed by atoms with Crippen molar-refractivity contribution in [2.45, 2.75) is 32.7 Å². The van der Waals surface area contributed by atoms with Gasteiger partial charge in [0.25, 0.3) is 0 Å². The van der Waals surface area contributed by atoms with Crippen molar-refractivity contribution < 1.29 is 14.7 Å². The Labute approximate surface area is 136 Å². The van der Waals surface area contributed by atoms with Crippen molar-refractivity contribution in [3.63, 3.8) is 0 Å². The molecule has 0 aliphatic carbocycles. The molecular formula is C16H23ClN2O3. The molecule has 0 heterocycles. The van der Waals surface area contributed by atoms with Gasteiger partial charge in [0.1, 0.15) is 0 Å². The number of nitrogens with one attached hydrogen (secondary N) is 1. The lowest BCUT2D eigenvalue weighted by Crippen LogP contribution is -2.40. The van der Waals surface area contributed by atoms with Crippen molar-refractivity contribution in [3.8, 4) is 0 Å². The zero-order valence-electron chi connectivity index (χ0n) is 13.2. The van der Waals surface area contributed by atoms with Crippen molar-refractivity contribution in [2.75, 3.05) is 13.6 Å². The summed E-state index contributed by atoms with van der Waals surface area (Å²) >= 11 is 5.90. The first-order chi connectivity index (χ1) is 10.3. The predicted octanol–water partition coefficient (Wildman–Crippen LogP) is 3.54. The first-order valence-corrected chi connectivity index (χ1v) is 7.66. The van der Waals surface area contributed by atoms with Crippen LogP contribution >= 0.6 is 11.6 Å². The minimum atomic E-state index is -0.920. The van der Waals surface area contributed by atoms with Crippen molar-refractivity contribution in [3.05, 3.63) is 34.9 Å². The third-order valence-electron chi connectivity index (χ3n) is 3.28. The molecule has 0 spiro atoms. The lowest BCUT2D eigenvalue weighted by atomic mass is 9.97. The zero-order valence-corrected chi connectivity index (χ0v) is 13.9. The molecule has 0 radical (unpaired) electrons. The molecule has 0 aliphatic heterocycles. The molecule has 0 aliphatic rings. The van der Waals surface area contributed by atoms with Gasteiger partial charge in [0.15, 0.2) is 0 Å². The van der Waals surface area contributed by atoms with E-state index in [0.717, 1.165) is 12.0 Å². The van der Waals surface area contributed by atoms with E-state index < -0.39 is 5.97 Å². The minimum Gasteiger partial charge on any atom is -0.481 e. The van der Waals surface area contributed by atoms with Crippen LogP contribution < -0.4 is 5.32 Å². The van der Waals surface area contributed by atoms with E-state index in [0.29, 0.717) is 10.9 Å². The fraction of sp³-hybridized carbons (Fsp3) is 0.500. The molecule has 0 fully saturated rings. The molecule has 2 N–H and O–H groups in total. The number of nitrogens with zero attached hydrogens (tertiary/aromatic N) is 1. The van der Waals surface area contributed by atoms with Gasteiger partial charge >= 0.3 is 12.0 Å². The number of aliphatic carboxylic acids is 1. The van der Waals surface area contributed by atoms with Gasteiger partial charge in [-0.25, -0.2) is 4.79 Å². The number of amides is 2. The Morgan fingerprint density at radius 2 is 1.86 bits per heavy atom. The van der Waals surface area contributed by atoms with Gasteiger partial charge in [-0.15, -0.1) is 0 Å². The predicted molar refractivity (Wildman–Crippen MR) is 87.1 cm³/mol. The number of urea groups is 1. The van der Waals surface area contributed by atoms with Crippen molar-refractivity contribution >= 4 is 23.6 Å². The number of hydrogen-bond acceptors (Lipinski definition) is 2. The summed E-state index contributed by atoms with van der Waals surface area (Å²) in [5.41, 5.74) is 0.984. The molecule has 1 rings (SSSR count). The van der Waals surface area contributed by atoms with E-state index in [2.05, 4.69) is 19.2 Å². The summed E-state index contributed by atoms with van der Waals surface area (Å²) in [6.45, 7) is 4.35. The first-order valence-electron chi connectivity index (χ1n) is 7.28. The standard InChI is InChI=1S/C16H23ClN2O3/c1-11(2)10-14(12-4-6-13(17)7-5-12)18-16(22)19(3)9-8-15(20)21/h4-7,11,14H,8-10H2,1-3H3,(H,18,22)(H,20,21). The van der Waals surface area contributed by atoms with Crippen LogP contribution in [0.25, 0.3) is 0 Å². The molecule has 1 unspecified atom stereocenters. The Morgan fingerprint density at radius 1 is 1.27 bits per heavy atom. The Morgan fingerprint density at radius 3 is 2.36 bits per heavy atom. The summed E-state index contributed by atoms with van der Waals surface area (Å²) in [6, 6.07) is 6.98. The van der Waals surface area contributed by atoms with Crippen LogP contribution in [0, 0.1) is 5.92 Å². The van der Waals surface area contributed by atoms with Gasteiger partial charge in [0.2, 0.25) is 0 Å². The number of benzene rings is 1. The fourth-order valence-electron chi connectivity index (χ4n) is 2.07. The smallest absolute Gasteiger partial charge is 0.317 e. The monoisotopic (exact) mass is 326 g/mol. The van der Waals surface area contributed by atoms with Crippen molar-refractivity contribution in [1.29, 1.82) is 0 Å². The maximum absolute atomic E-state index is 12.2. The van der Waals surface area contributed by atoms with Gasteiger partial charge in [-0.1, -0.05) is 37.6 Å². The van der Waals surface area contributed by atoms with Gasteiger partial charge in [0.05, 0.1) is 12.5 Å². The van der Waals surface area contributed by atoms with E-state index in [1.807, 2.05) is 12.1 Å². The molecule has 1 atom stereocenters. The normalized spacial score (nSPS) is 12.0. The highest BCUT2D eigenvalue weighted by Crippen LogP contribution is 2.23. The molecule has 1 aromatic rings. The number of carbonyl (C=O) groups is 2. The SMILES string of the molecule is CC(C)CC(NC(=O)N(C)CCC(=O)O)c1ccc(Cl)cc1. The van der Waals surface area contributed by atoms with E-state index in [4.69, 9.17) is 16.7 Å². The lowest BCUT2D eigenvalue weighted by molar-refractivity contribution is -0.137. The summed E-state index contributed by atoms with van der Waals surface area (Å²) in [7, 11) is 1.59. The second kappa shape index (κ2) is 8.63. The molecule has 5 nitrogen and oxygen atoms in total. The Hall–Kier alpha value is -1.75. The van der Waals surface area contributed by atoms with Gasteiger partial charge < -0.3 is 15.3 Å². The number of rotatable bonds is 7. The van der Waals surface area contributed by atoms with Crippen LogP contribution in [0.4, 0.5) is 4.79 Å². The maximum Gasteiger partial charge on any atom is 0.317 e. The number of hydrogen-bond donors (Lipinski definition) is 2.